The summed E-state index contributed by atoms with van der Waals surface area (Å²) in [7, 11) is 0. The molecule has 2 rings (SSSR count). The van der Waals surface area contributed by atoms with E-state index in [0.717, 1.165) is 12.1 Å². The maximum absolute atomic E-state index is 13.6. The Morgan fingerprint density at radius 3 is 2.47 bits per heavy atom. The van der Waals surface area contributed by atoms with Crippen molar-refractivity contribution in [1.29, 1.82) is 0 Å². The highest BCUT2D eigenvalue weighted by Crippen LogP contribution is 2.31. The standard InChI is InChI=1S/C13H9BrF3NO/c14-8-4-10(16)13(17)12(5-8)19-11-2-1-9(15)3-7(11)6-18/h1-5H,6,18H2. The molecular formula is C13H9BrF3NO. The fourth-order valence-corrected chi connectivity index (χ4v) is 1.94. The van der Waals surface area contributed by atoms with Gasteiger partial charge in [0.25, 0.3) is 0 Å². The monoisotopic (exact) mass is 331 g/mol. The lowest BCUT2D eigenvalue weighted by Crippen LogP contribution is -2.01. The van der Waals surface area contributed by atoms with E-state index in [1.165, 1.54) is 18.2 Å². The van der Waals surface area contributed by atoms with Crippen molar-refractivity contribution >= 4 is 15.9 Å². The van der Waals surface area contributed by atoms with Crippen LogP contribution in [0.2, 0.25) is 0 Å². The van der Waals surface area contributed by atoms with Crippen LogP contribution in [-0.2, 0) is 6.54 Å². The topological polar surface area (TPSA) is 35.2 Å². The lowest BCUT2D eigenvalue weighted by Gasteiger charge is -2.11. The average molecular weight is 332 g/mol. The van der Waals surface area contributed by atoms with E-state index in [1.54, 1.807) is 0 Å². The molecule has 0 amide bonds. The highest BCUT2D eigenvalue weighted by molar-refractivity contribution is 9.10. The predicted molar refractivity (Wildman–Crippen MR) is 68.4 cm³/mol. The number of halogens is 4. The van der Waals surface area contributed by atoms with Crippen LogP contribution in [0.15, 0.2) is 34.8 Å². The largest absolute Gasteiger partial charge is 0.454 e. The normalized spacial score (nSPS) is 10.6. The molecule has 0 aromatic heterocycles. The number of hydrogen-bond donors (Lipinski definition) is 1. The molecular weight excluding hydrogens is 323 g/mol. The molecule has 0 saturated heterocycles. The third-order valence-corrected chi connectivity index (χ3v) is 2.88. The van der Waals surface area contributed by atoms with Gasteiger partial charge in [-0.2, -0.15) is 4.39 Å². The smallest absolute Gasteiger partial charge is 0.201 e. The van der Waals surface area contributed by atoms with Gasteiger partial charge in [0.05, 0.1) is 0 Å². The van der Waals surface area contributed by atoms with Crippen molar-refractivity contribution in [1.82, 2.24) is 0 Å². The lowest BCUT2D eigenvalue weighted by atomic mass is 10.2. The van der Waals surface area contributed by atoms with E-state index in [9.17, 15) is 13.2 Å². The number of rotatable bonds is 3. The molecule has 2 N–H and O–H groups in total. The predicted octanol–water partition coefficient (Wildman–Crippen LogP) is 4.12. The maximum atomic E-state index is 13.6. The molecule has 0 spiro atoms. The molecule has 6 heteroatoms. The van der Waals surface area contributed by atoms with Crippen LogP contribution < -0.4 is 10.5 Å². The quantitative estimate of drug-likeness (QED) is 0.859. The van der Waals surface area contributed by atoms with Gasteiger partial charge in [-0.3, -0.25) is 0 Å². The van der Waals surface area contributed by atoms with Crippen molar-refractivity contribution < 1.29 is 17.9 Å². The number of ether oxygens (including phenoxy) is 1. The number of nitrogens with two attached hydrogens (primary N) is 1. The first-order chi connectivity index (χ1) is 9.01. The molecule has 0 aliphatic carbocycles. The Balaban J connectivity index is 2.41. The zero-order valence-electron chi connectivity index (χ0n) is 9.59. The van der Waals surface area contributed by atoms with Crippen LogP contribution in [0.5, 0.6) is 11.5 Å². The molecule has 100 valence electrons. The van der Waals surface area contributed by atoms with E-state index >= 15 is 0 Å². The van der Waals surface area contributed by atoms with Gasteiger partial charge in [-0.15, -0.1) is 0 Å². The minimum atomic E-state index is -1.12. The van der Waals surface area contributed by atoms with Gasteiger partial charge in [-0.05, 0) is 30.3 Å². The van der Waals surface area contributed by atoms with Gasteiger partial charge in [0.1, 0.15) is 11.6 Å². The maximum Gasteiger partial charge on any atom is 0.201 e. The molecule has 0 radical (unpaired) electrons. The minimum absolute atomic E-state index is 0.0190. The second-order valence-electron chi connectivity index (χ2n) is 3.76. The summed E-state index contributed by atoms with van der Waals surface area (Å²) < 4.78 is 45.4. The van der Waals surface area contributed by atoms with Crippen LogP contribution in [-0.4, -0.2) is 0 Å². The zero-order chi connectivity index (χ0) is 14.0. The van der Waals surface area contributed by atoms with Crippen LogP contribution in [0.3, 0.4) is 0 Å². The van der Waals surface area contributed by atoms with E-state index in [-0.39, 0.29) is 18.0 Å². The van der Waals surface area contributed by atoms with E-state index < -0.39 is 17.5 Å². The van der Waals surface area contributed by atoms with E-state index in [2.05, 4.69) is 15.9 Å². The Bertz CT molecular complexity index is 619. The van der Waals surface area contributed by atoms with Crippen molar-refractivity contribution in [3.63, 3.8) is 0 Å². The molecule has 2 aromatic rings. The van der Waals surface area contributed by atoms with Crippen LogP contribution in [0.1, 0.15) is 5.56 Å². The molecule has 0 aliphatic rings. The molecule has 0 bridgehead atoms. The minimum Gasteiger partial charge on any atom is -0.454 e. The van der Waals surface area contributed by atoms with E-state index in [4.69, 9.17) is 10.5 Å². The van der Waals surface area contributed by atoms with Crippen LogP contribution in [0.4, 0.5) is 13.2 Å². The van der Waals surface area contributed by atoms with E-state index in [0.29, 0.717) is 10.0 Å². The SMILES string of the molecule is NCc1cc(F)ccc1Oc1cc(Br)cc(F)c1F. The van der Waals surface area contributed by atoms with Crippen LogP contribution in [0, 0.1) is 17.5 Å². The molecule has 0 fully saturated rings. The molecule has 2 aromatic carbocycles. The van der Waals surface area contributed by atoms with Gasteiger partial charge in [0.15, 0.2) is 11.6 Å². The summed E-state index contributed by atoms with van der Waals surface area (Å²) in [5.74, 6) is -2.75. The van der Waals surface area contributed by atoms with Crippen molar-refractivity contribution in [2.24, 2.45) is 5.73 Å². The van der Waals surface area contributed by atoms with Crippen molar-refractivity contribution in [3.05, 3.63) is 57.8 Å². The average Bonchev–Trinajstić information content (AvgIpc) is 2.37. The van der Waals surface area contributed by atoms with Gasteiger partial charge in [-0.25, -0.2) is 8.78 Å². The fourth-order valence-electron chi connectivity index (χ4n) is 1.53. The summed E-state index contributed by atoms with van der Waals surface area (Å²) >= 11 is 3.04. The number of hydrogen-bond acceptors (Lipinski definition) is 2. The molecule has 0 saturated carbocycles. The van der Waals surface area contributed by atoms with Gasteiger partial charge in [-0.1, -0.05) is 15.9 Å². The van der Waals surface area contributed by atoms with Crippen molar-refractivity contribution in [3.8, 4) is 11.5 Å². The van der Waals surface area contributed by atoms with E-state index in [1.807, 2.05) is 0 Å². The molecule has 0 unspecified atom stereocenters. The molecule has 0 heterocycles. The highest BCUT2D eigenvalue weighted by atomic mass is 79.9. The van der Waals surface area contributed by atoms with Gasteiger partial charge in [0.2, 0.25) is 5.82 Å². The van der Waals surface area contributed by atoms with Crippen LogP contribution in [0.25, 0.3) is 0 Å². The Morgan fingerprint density at radius 1 is 1.05 bits per heavy atom. The molecule has 2 nitrogen and oxygen atoms in total. The summed E-state index contributed by atoms with van der Waals surface area (Å²) in [6.07, 6.45) is 0. The highest BCUT2D eigenvalue weighted by Gasteiger charge is 2.14. The fraction of sp³-hybridized carbons (Fsp3) is 0.0769. The third kappa shape index (κ3) is 3.08. The van der Waals surface area contributed by atoms with Crippen LogP contribution >= 0.6 is 15.9 Å². The second-order valence-corrected chi connectivity index (χ2v) is 4.67. The second kappa shape index (κ2) is 5.63. The number of benzene rings is 2. The zero-order valence-corrected chi connectivity index (χ0v) is 11.2. The summed E-state index contributed by atoms with van der Waals surface area (Å²) in [4.78, 5) is 0. The summed E-state index contributed by atoms with van der Waals surface area (Å²) in [6.45, 7) is 0.0190. The first-order valence-corrected chi connectivity index (χ1v) is 6.11. The van der Waals surface area contributed by atoms with Gasteiger partial charge >= 0.3 is 0 Å². The first kappa shape index (κ1) is 13.9. The Kier molecular flexibility index (Phi) is 4.11. The molecule has 0 atom stereocenters. The third-order valence-electron chi connectivity index (χ3n) is 2.42. The van der Waals surface area contributed by atoms with Gasteiger partial charge < -0.3 is 10.5 Å². The summed E-state index contributed by atoms with van der Waals surface area (Å²) in [5.41, 5.74) is 5.81. The van der Waals surface area contributed by atoms with Gasteiger partial charge in [0, 0.05) is 16.6 Å². The Labute approximate surface area is 116 Å². The van der Waals surface area contributed by atoms with Crippen molar-refractivity contribution in [2.45, 2.75) is 6.54 Å². The molecule has 19 heavy (non-hydrogen) atoms. The Hall–Kier alpha value is -1.53. The lowest BCUT2D eigenvalue weighted by molar-refractivity contribution is 0.411. The first-order valence-electron chi connectivity index (χ1n) is 5.32. The molecule has 0 aliphatic heterocycles. The Morgan fingerprint density at radius 2 is 1.79 bits per heavy atom. The summed E-state index contributed by atoms with van der Waals surface area (Å²) in [5, 5.41) is 0. The van der Waals surface area contributed by atoms with Crippen molar-refractivity contribution in [2.75, 3.05) is 0 Å². The summed E-state index contributed by atoms with van der Waals surface area (Å²) in [6, 6.07) is 5.91.